The molecule has 2 rings (SSSR count). The summed E-state index contributed by atoms with van der Waals surface area (Å²) in [6, 6.07) is 0. The minimum absolute atomic E-state index is 0.128. The van der Waals surface area contributed by atoms with Crippen LogP contribution in [0.3, 0.4) is 0 Å². The zero-order valence-corrected chi connectivity index (χ0v) is 8.97. The third kappa shape index (κ3) is 2.49. The monoisotopic (exact) mass is 228 g/mol. The molecule has 0 saturated carbocycles. The molecule has 1 aromatic rings. The average Bonchev–Trinajstić information content (AvgIpc) is 2.73. The van der Waals surface area contributed by atoms with Crippen LogP contribution in [0.4, 0.5) is 5.82 Å². The summed E-state index contributed by atoms with van der Waals surface area (Å²) in [5.41, 5.74) is -0.307. The number of H-pyrrole nitrogens is 1. The fourth-order valence-corrected chi connectivity index (χ4v) is 1.81. The number of anilines is 1. The molecular formula is C9H13ClN4O. The highest BCUT2D eigenvalue weighted by molar-refractivity contribution is 6.32. The summed E-state index contributed by atoms with van der Waals surface area (Å²) >= 11 is 5.79. The summed E-state index contributed by atoms with van der Waals surface area (Å²) in [5, 5.41) is 6.49. The van der Waals surface area contributed by atoms with Crippen molar-refractivity contribution in [3.63, 3.8) is 0 Å². The third-order valence-electron chi connectivity index (χ3n) is 2.52. The van der Waals surface area contributed by atoms with Crippen LogP contribution in [0, 0.1) is 5.92 Å². The second-order valence-corrected chi connectivity index (χ2v) is 4.01. The standard InChI is InChI=1S/C9H13ClN4O/c10-7-8(13-5-14-9(7)15)12-4-6-1-2-11-3-6/h5-6,11H,1-4H2,(H2,12,13,14,15). The van der Waals surface area contributed by atoms with Crippen molar-refractivity contribution in [2.24, 2.45) is 5.92 Å². The van der Waals surface area contributed by atoms with Crippen molar-refractivity contribution in [3.05, 3.63) is 21.7 Å². The van der Waals surface area contributed by atoms with Crippen molar-refractivity contribution in [1.82, 2.24) is 15.3 Å². The Bertz CT molecular complexity index is 386. The molecule has 5 nitrogen and oxygen atoms in total. The molecule has 82 valence electrons. The van der Waals surface area contributed by atoms with Gasteiger partial charge in [-0.25, -0.2) is 4.98 Å². The van der Waals surface area contributed by atoms with Gasteiger partial charge in [0.05, 0.1) is 6.33 Å². The molecule has 1 unspecified atom stereocenters. The first-order valence-corrected chi connectivity index (χ1v) is 5.33. The Kier molecular flexibility index (Phi) is 3.23. The first-order chi connectivity index (χ1) is 7.27. The highest BCUT2D eigenvalue weighted by Crippen LogP contribution is 2.14. The van der Waals surface area contributed by atoms with Gasteiger partial charge in [0.25, 0.3) is 5.56 Å². The van der Waals surface area contributed by atoms with Crippen LogP contribution in [0.2, 0.25) is 5.02 Å². The lowest BCUT2D eigenvalue weighted by Gasteiger charge is -2.10. The zero-order chi connectivity index (χ0) is 10.7. The summed E-state index contributed by atoms with van der Waals surface area (Å²) < 4.78 is 0. The van der Waals surface area contributed by atoms with Crippen LogP contribution in [0.15, 0.2) is 11.1 Å². The van der Waals surface area contributed by atoms with E-state index in [2.05, 4.69) is 20.6 Å². The molecule has 3 N–H and O–H groups in total. The van der Waals surface area contributed by atoms with Crippen LogP contribution in [-0.2, 0) is 0 Å². The van der Waals surface area contributed by atoms with E-state index in [0.29, 0.717) is 11.7 Å². The van der Waals surface area contributed by atoms with Crippen LogP contribution in [0.5, 0.6) is 0 Å². The van der Waals surface area contributed by atoms with Gasteiger partial charge in [0, 0.05) is 6.54 Å². The van der Waals surface area contributed by atoms with E-state index in [1.807, 2.05) is 0 Å². The number of hydrogen-bond donors (Lipinski definition) is 3. The van der Waals surface area contributed by atoms with Gasteiger partial charge in [0.2, 0.25) is 0 Å². The number of rotatable bonds is 3. The van der Waals surface area contributed by atoms with Crippen LogP contribution in [0.25, 0.3) is 0 Å². The second-order valence-electron chi connectivity index (χ2n) is 3.63. The van der Waals surface area contributed by atoms with E-state index in [1.165, 1.54) is 6.33 Å². The predicted molar refractivity (Wildman–Crippen MR) is 59.3 cm³/mol. The van der Waals surface area contributed by atoms with Gasteiger partial charge in [-0.3, -0.25) is 4.79 Å². The maximum atomic E-state index is 11.2. The van der Waals surface area contributed by atoms with Gasteiger partial charge >= 0.3 is 0 Å². The minimum atomic E-state index is -0.307. The normalized spacial score (nSPS) is 20.5. The molecule has 1 aliphatic rings. The molecule has 1 aliphatic heterocycles. The third-order valence-corrected chi connectivity index (χ3v) is 2.87. The van der Waals surface area contributed by atoms with Gasteiger partial charge < -0.3 is 15.6 Å². The first-order valence-electron chi connectivity index (χ1n) is 4.95. The largest absolute Gasteiger partial charge is 0.368 e. The molecule has 1 fully saturated rings. The highest BCUT2D eigenvalue weighted by atomic mass is 35.5. The van der Waals surface area contributed by atoms with Gasteiger partial charge in [-0.05, 0) is 25.4 Å². The topological polar surface area (TPSA) is 69.8 Å². The van der Waals surface area contributed by atoms with Crippen LogP contribution >= 0.6 is 11.6 Å². The van der Waals surface area contributed by atoms with Gasteiger partial charge in [-0.15, -0.1) is 0 Å². The summed E-state index contributed by atoms with van der Waals surface area (Å²) in [6.45, 7) is 2.86. The smallest absolute Gasteiger partial charge is 0.271 e. The Labute approximate surface area is 92.3 Å². The number of halogens is 1. The molecule has 0 spiro atoms. The van der Waals surface area contributed by atoms with Gasteiger partial charge in [0.1, 0.15) is 5.02 Å². The number of aromatic amines is 1. The molecule has 0 aliphatic carbocycles. The maximum Gasteiger partial charge on any atom is 0.271 e. The van der Waals surface area contributed by atoms with Crippen molar-refractivity contribution in [2.75, 3.05) is 25.0 Å². The molecule has 1 saturated heterocycles. The summed E-state index contributed by atoms with van der Waals surface area (Å²) in [5.74, 6) is 1.05. The van der Waals surface area contributed by atoms with E-state index in [4.69, 9.17) is 11.6 Å². The number of aromatic nitrogens is 2. The lowest BCUT2D eigenvalue weighted by Crippen LogP contribution is -2.19. The van der Waals surface area contributed by atoms with Gasteiger partial charge in [-0.2, -0.15) is 0 Å². The highest BCUT2D eigenvalue weighted by Gasteiger charge is 2.15. The molecule has 1 atom stereocenters. The van der Waals surface area contributed by atoms with E-state index in [0.717, 1.165) is 26.1 Å². The molecule has 6 heteroatoms. The maximum absolute atomic E-state index is 11.2. The Morgan fingerprint density at radius 1 is 1.67 bits per heavy atom. The summed E-state index contributed by atoms with van der Waals surface area (Å²) in [6.07, 6.45) is 2.50. The second kappa shape index (κ2) is 4.63. The van der Waals surface area contributed by atoms with Gasteiger partial charge in [0.15, 0.2) is 5.82 Å². The Morgan fingerprint density at radius 2 is 2.53 bits per heavy atom. The molecule has 15 heavy (non-hydrogen) atoms. The first kappa shape index (κ1) is 10.4. The Hall–Kier alpha value is -1.07. The number of nitrogens with one attached hydrogen (secondary N) is 3. The molecule has 1 aromatic heterocycles. The molecule has 0 amide bonds. The van der Waals surface area contributed by atoms with E-state index < -0.39 is 0 Å². The molecule has 2 heterocycles. The number of hydrogen-bond acceptors (Lipinski definition) is 4. The summed E-state index contributed by atoms with van der Waals surface area (Å²) in [7, 11) is 0. The fourth-order valence-electron chi connectivity index (χ4n) is 1.64. The van der Waals surface area contributed by atoms with E-state index >= 15 is 0 Å². The minimum Gasteiger partial charge on any atom is -0.368 e. The quantitative estimate of drug-likeness (QED) is 0.703. The molecule has 0 aromatic carbocycles. The lowest BCUT2D eigenvalue weighted by molar-refractivity contribution is 0.614. The van der Waals surface area contributed by atoms with E-state index in [1.54, 1.807) is 0 Å². The SMILES string of the molecule is O=c1[nH]cnc(NCC2CCNC2)c1Cl. The van der Waals surface area contributed by atoms with Crippen molar-refractivity contribution in [3.8, 4) is 0 Å². The van der Waals surface area contributed by atoms with Crippen molar-refractivity contribution in [2.45, 2.75) is 6.42 Å². The average molecular weight is 229 g/mol. The summed E-state index contributed by atoms with van der Waals surface area (Å²) in [4.78, 5) is 17.6. The van der Waals surface area contributed by atoms with Crippen LogP contribution in [0.1, 0.15) is 6.42 Å². The lowest BCUT2D eigenvalue weighted by atomic mass is 10.1. The van der Waals surface area contributed by atoms with Crippen molar-refractivity contribution >= 4 is 17.4 Å². The zero-order valence-electron chi connectivity index (χ0n) is 8.22. The fraction of sp³-hybridized carbons (Fsp3) is 0.556. The van der Waals surface area contributed by atoms with Crippen LogP contribution < -0.4 is 16.2 Å². The molecular weight excluding hydrogens is 216 g/mol. The van der Waals surface area contributed by atoms with Gasteiger partial charge in [-0.1, -0.05) is 11.6 Å². The Balaban J connectivity index is 1.98. The van der Waals surface area contributed by atoms with E-state index in [9.17, 15) is 4.79 Å². The Morgan fingerprint density at radius 3 is 3.27 bits per heavy atom. The molecule has 0 radical (unpaired) electrons. The van der Waals surface area contributed by atoms with Crippen molar-refractivity contribution < 1.29 is 0 Å². The van der Waals surface area contributed by atoms with E-state index in [-0.39, 0.29) is 10.6 Å². The van der Waals surface area contributed by atoms with Crippen LogP contribution in [-0.4, -0.2) is 29.6 Å². The molecule has 0 bridgehead atoms. The van der Waals surface area contributed by atoms with Crippen molar-refractivity contribution in [1.29, 1.82) is 0 Å². The number of nitrogens with zero attached hydrogens (tertiary/aromatic N) is 1. The predicted octanol–water partition coefficient (Wildman–Crippen LogP) is 0.445.